The summed E-state index contributed by atoms with van der Waals surface area (Å²) in [4.78, 5) is 14.0. The lowest BCUT2D eigenvalue weighted by molar-refractivity contribution is 0.418. The van der Waals surface area contributed by atoms with E-state index in [1.54, 1.807) is 0 Å². The lowest BCUT2D eigenvalue weighted by Crippen LogP contribution is -2.07. The van der Waals surface area contributed by atoms with Gasteiger partial charge < -0.3 is 0 Å². The van der Waals surface area contributed by atoms with E-state index >= 15 is 26.3 Å². The molecule has 0 N–H and O–H groups in total. The van der Waals surface area contributed by atoms with Gasteiger partial charge in [-0.2, -0.15) is 21.0 Å². The van der Waals surface area contributed by atoms with E-state index in [2.05, 4.69) is 19.9 Å². The fraction of sp³-hybridized carbons (Fsp3) is 0. The monoisotopic (exact) mass is 576 g/mol. The van der Waals surface area contributed by atoms with Crippen LogP contribution in [0.5, 0.6) is 0 Å². The van der Waals surface area contributed by atoms with E-state index in [1.807, 2.05) is 0 Å². The van der Waals surface area contributed by atoms with Crippen molar-refractivity contribution in [1.29, 1.82) is 21.0 Å². The molecular formula is C26F8N8. The molecule has 0 spiro atoms. The van der Waals surface area contributed by atoms with Crippen LogP contribution in [-0.4, -0.2) is 19.9 Å². The molecule has 0 aliphatic heterocycles. The minimum Gasteiger partial charge on any atom is -0.229 e. The average molecular weight is 576 g/mol. The Morgan fingerprint density at radius 1 is 0.310 bits per heavy atom. The number of hydrogen-bond donors (Lipinski definition) is 0. The highest BCUT2D eigenvalue weighted by atomic mass is 19.2. The lowest BCUT2D eigenvalue weighted by Gasteiger charge is -2.17. The number of hydrogen-bond acceptors (Lipinski definition) is 8. The molecule has 0 aliphatic carbocycles. The van der Waals surface area contributed by atoms with Gasteiger partial charge in [0.25, 0.3) is 0 Å². The molecule has 0 saturated heterocycles. The SMILES string of the molecule is N#Cc1nc2c(F)c3c4c(F)c(F)c(F)c(F)c4c4c(F)c5nc(C#N)c(C#N)nc5c(F)c4c3c(F)c2nc1C#N. The molecule has 4 aromatic carbocycles. The van der Waals surface area contributed by atoms with Gasteiger partial charge in [-0.3, -0.25) is 0 Å². The number of fused-ring (bicyclic) bond motifs is 8. The van der Waals surface area contributed by atoms with Crippen LogP contribution in [0, 0.1) is 91.9 Å². The number of benzene rings is 4. The highest BCUT2D eigenvalue weighted by Crippen LogP contribution is 2.46. The number of rotatable bonds is 0. The van der Waals surface area contributed by atoms with Crippen molar-refractivity contribution in [2.75, 3.05) is 0 Å². The Morgan fingerprint density at radius 3 is 0.690 bits per heavy atom. The lowest BCUT2D eigenvalue weighted by atomic mass is 9.90. The van der Waals surface area contributed by atoms with E-state index in [0.717, 1.165) is 0 Å². The molecule has 6 rings (SSSR count). The van der Waals surface area contributed by atoms with Crippen molar-refractivity contribution in [2.45, 2.75) is 0 Å². The minimum absolute atomic E-state index is 0.830. The number of nitrogens with zero attached hydrogens (tertiary/aromatic N) is 8. The number of halogens is 8. The first kappa shape index (κ1) is 26.0. The maximum atomic E-state index is 16.2. The van der Waals surface area contributed by atoms with Gasteiger partial charge in [0, 0.05) is 32.3 Å². The molecule has 16 heteroatoms. The highest BCUT2D eigenvalue weighted by Gasteiger charge is 2.33. The molecule has 0 amide bonds. The first-order valence-corrected chi connectivity index (χ1v) is 10.9. The van der Waals surface area contributed by atoms with Crippen LogP contribution in [0.4, 0.5) is 35.1 Å². The molecule has 42 heavy (non-hydrogen) atoms. The zero-order valence-electron chi connectivity index (χ0n) is 19.6. The van der Waals surface area contributed by atoms with E-state index in [1.165, 1.54) is 24.3 Å². The van der Waals surface area contributed by atoms with Crippen LogP contribution in [0.15, 0.2) is 0 Å². The second-order valence-corrected chi connectivity index (χ2v) is 8.45. The Bertz CT molecular complexity index is 2330. The average Bonchev–Trinajstić information content (AvgIpc) is 3.01. The summed E-state index contributed by atoms with van der Waals surface area (Å²) in [6.07, 6.45) is 0. The van der Waals surface area contributed by atoms with E-state index < -0.39 is 124 Å². The Morgan fingerprint density at radius 2 is 0.500 bits per heavy atom. The zero-order valence-corrected chi connectivity index (χ0v) is 19.6. The van der Waals surface area contributed by atoms with Crippen LogP contribution in [-0.2, 0) is 0 Å². The van der Waals surface area contributed by atoms with E-state index in [9.17, 15) is 29.8 Å². The maximum Gasteiger partial charge on any atom is 0.198 e. The molecule has 0 saturated carbocycles. The summed E-state index contributed by atoms with van der Waals surface area (Å²) in [6, 6.07) is 5.59. The van der Waals surface area contributed by atoms with Crippen molar-refractivity contribution in [3.63, 3.8) is 0 Å². The molecule has 0 fully saturated rings. The van der Waals surface area contributed by atoms with Gasteiger partial charge in [-0.05, 0) is 0 Å². The molecule has 8 nitrogen and oxygen atoms in total. The maximum absolute atomic E-state index is 16.2. The van der Waals surface area contributed by atoms with Crippen molar-refractivity contribution in [3.8, 4) is 24.3 Å². The van der Waals surface area contributed by atoms with Gasteiger partial charge in [0.1, 0.15) is 46.3 Å². The summed E-state index contributed by atoms with van der Waals surface area (Å²) >= 11 is 0. The summed E-state index contributed by atoms with van der Waals surface area (Å²) in [6.45, 7) is 0. The first-order chi connectivity index (χ1) is 20.0. The molecular weight excluding hydrogens is 576 g/mol. The fourth-order valence-electron chi connectivity index (χ4n) is 4.75. The second-order valence-electron chi connectivity index (χ2n) is 8.45. The fourth-order valence-corrected chi connectivity index (χ4v) is 4.75. The number of nitriles is 4. The summed E-state index contributed by atoms with van der Waals surface area (Å²) in [5.74, 6) is -17.0. The van der Waals surface area contributed by atoms with Gasteiger partial charge in [-0.15, -0.1) is 0 Å². The van der Waals surface area contributed by atoms with Crippen LogP contribution in [0.3, 0.4) is 0 Å². The van der Waals surface area contributed by atoms with Crippen LogP contribution >= 0.6 is 0 Å². The van der Waals surface area contributed by atoms with E-state index in [4.69, 9.17) is 0 Å². The van der Waals surface area contributed by atoms with Crippen molar-refractivity contribution in [2.24, 2.45) is 0 Å². The van der Waals surface area contributed by atoms with Gasteiger partial charge in [0.2, 0.25) is 0 Å². The van der Waals surface area contributed by atoms with Crippen LogP contribution in [0.25, 0.3) is 54.4 Å². The third-order valence-corrected chi connectivity index (χ3v) is 6.44. The Labute approximate surface area is 224 Å². The molecule has 0 bridgehead atoms. The van der Waals surface area contributed by atoms with Crippen molar-refractivity contribution in [1.82, 2.24) is 19.9 Å². The largest absolute Gasteiger partial charge is 0.229 e. The topological polar surface area (TPSA) is 147 Å². The predicted molar refractivity (Wildman–Crippen MR) is 124 cm³/mol. The Hall–Kier alpha value is -6.26. The van der Waals surface area contributed by atoms with Crippen LogP contribution in [0.1, 0.15) is 22.8 Å². The first-order valence-electron chi connectivity index (χ1n) is 10.9. The smallest absolute Gasteiger partial charge is 0.198 e. The zero-order chi connectivity index (χ0) is 30.4. The quantitative estimate of drug-likeness (QED) is 0.0743. The third-order valence-electron chi connectivity index (χ3n) is 6.44. The van der Waals surface area contributed by atoms with Crippen LogP contribution < -0.4 is 0 Å². The van der Waals surface area contributed by atoms with Crippen molar-refractivity contribution < 1.29 is 35.1 Å². The second kappa shape index (κ2) is 8.62. The minimum atomic E-state index is -2.52. The highest BCUT2D eigenvalue weighted by molar-refractivity contribution is 6.29. The van der Waals surface area contributed by atoms with Gasteiger partial charge in [0.05, 0.1) is 0 Å². The Balaban J connectivity index is 2.11. The molecule has 2 heterocycles. The standard InChI is InChI=1S/C26F8N8/c27-15-9-10(16(28)22(34)21(15)33)12-14(20(32)26-24(18(12)30)40-6(2-36)8(4-38)42-26)13-11(9)17(29)23-25(19(13)31)41-7(3-37)5(1-35)39-23. The molecule has 200 valence electrons. The van der Waals surface area contributed by atoms with E-state index in [0.29, 0.717) is 0 Å². The normalized spacial score (nSPS) is 11.2. The van der Waals surface area contributed by atoms with Gasteiger partial charge in [0.15, 0.2) is 69.3 Å². The predicted octanol–water partition coefficient (Wildman–Crippen LogP) is 5.63. The summed E-state index contributed by atoms with van der Waals surface area (Å²) in [7, 11) is 0. The van der Waals surface area contributed by atoms with Crippen molar-refractivity contribution in [3.05, 3.63) is 69.3 Å². The molecule has 2 aromatic heterocycles. The third kappa shape index (κ3) is 3.00. The summed E-state index contributed by atoms with van der Waals surface area (Å²) in [5, 5.41) is 28.1. The van der Waals surface area contributed by atoms with Gasteiger partial charge in [-0.25, -0.2) is 55.1 Å². The van der Waals surface area contributed by atoms with Crippen molar-refractivity contribution >= 4 is 54.4 Å². The molecule has 0 radical (unpaired) electrons. The van der Waals surface area contributed by atoms with Crippen LogP contribution in [0.2, 0.25) is 0 Å². The van der Waals surface area contributed by atoms with E-state index in [-0.39, 0.29) is 0 Å². The molecule has 0 unspecified atom stereocenters. The van der Waals surface area contributed by atoms with Gasteiger partial charge >= 0.3 is 0 Å². The summed E-state index contributed by atoms with van der Waals surface area (Å²) < 4.78 is 124. The molecule has 0 aliphatic rings. The Kier molecular flexibility index (Phi) is 5.33. The molecule has 0 atom stereocenters. The summed E-state index contributed by atoms with van der Waals surface area (Å²) in [5.41, 5.74) is -7.99. The molecule has 6 aromatic rings. The van der Waals surface area contributed by atoms with Gasteiger partial charge in [-0.1, -0.05) is 0 Å². The number of aromatic nitrogens is 4.